The lowest BCUT2D eigenvalue weighted by molar-refractivity contribution is -0.385. The molecular formula is C14H12ClN3O3. The first-order valence-corrected chi connectivity index (χ1v) is 6.44. The van der Waals surface area contributed by atoms with E-state index < -0.39 is 10.8 Å². The Bertz CT molecular complexity index is 704. The third kappa shape index (κ3) is 3.36. The molecule has 0 saturated heterocycles. The molecule has 0 atom stereocenters. The Balaban J connectivity index is 2.34. The number of hydrogen-bond donors (Lipinski definition) is 2. The summed E-state index contributed by atoms with van der Waals surface area (Å²) in [4.78, 5) is 22.6. The van der Waals surface area contributed by atoms with Gasteiger partial charge in [0.25, 0.3) is 11.6 Å². The van der Waals surface area contributed by atoms with Crippen molar-refractivity contribution in [2.75, 3.05) is 5.32 Å². The number of hydrogen-bond acceptors (Lipinski definition) is 4. The number of halogens is 1. The number of nitrogens with zero attached hydrogens (tertiary/aromatic N) is 1. The Hall–Kier alpha value is -2.44. The van der Waals surface area contributed by atoms with Crippen LogP contribution in [0.4, 0.5) is 11.4 Å². The number of nitro benzene ring substituents is 1. The second kappa shape index (κ2) is 6.34. The van der Waals surface area contributed by atoms with E-state index in [1.165, 1.54) is 18.2 Å². The Labute approximate surface area is 125 Å². The lowest BCUT2D eigenvalue weighted by Gasteiger charge is -2.08. The minimum Gasteiger partial charge on any atom is -0.326 e. The number of anilines is 1. The van der Waals surface area contributed by atoms with Crippen LogP contribution in [0.5, 0.6) is 0 Å². The topological polar surface area (TPSA) is 98.3 Å². The van der Waals surface area contributed by atoms with E-state index >= 15 is 0 Å². The van der Waals surface area contributed by atoms with Gasteiger partial charge in [0.2, 0.25) is 0 Å². The van der Waals surface area contributed by atoms with Crippen LogP contribution in [0.2, 0.25) is 5.02 Å². The van der Waals surface area contributed by atoms with Crippen molar-refractivity contribution in [2.24, 2.45) is 5.73 Å². The highest BCUT2D eigenvalue weighted by molar-refractivity contribution is 6.35. The van der Waals surface area contributed by atoms with E-state index in [0.717, 1.165) is 5.56 Å². The molecule has 7 heteroatoms. The van der Waals surface area contributed by atoms with Gasteiger partial charge < -0.3 is 11.1 Å². The fraction of sp³-hybridized carbons (Fsp3) is 0.0714. The van der Waals surface area contributed by atoms with Crippen molar-refractivity contribution in [1.29, 1.82) is 0 Å². The molecule has 0 heterocycles. The van der Waals surface area contributed by atoms with Crippen LogP contribution < -0.4 is 11.1 Å². The monoisotopic (exact) mass is 305 g/mol. The molecule has 3 N–H and O–H groups in total. The smallest absolute Gasteiger partial charge is 0.283 e. The van der Waals surface area contributed by atoms with E-state index in [1.54, 1.807) is 18.2 Å². The first kappa shape index (κ1) is 15.0. The second-order valence-electron chi connectivity index (χ2n) is 4.25. The number of nitrogens with two attached hydrogens (primary N) is 1. The van der Waals surface area contributed by atoms with Crippen LogP contribution in [0.1, 0.15) is 15.9 Å². The number of amides is 1. The maximum Gasteiger partial charge on any atom is 0.283 e. The molecule has 0 saturated carbocycles. The summed E-state index contributed by atoms with van der Waals surface area (Å²) in [7, 11) is 0. The van der Waals surface area contributed by atoms with Gasteiger partial charge in [-0.15, -0.1) is 0 Å². The first-order chi connectivity index (χ1) is 10.0. The van der Waals surface area contributed by atoms with Crippen molar-refractivity contribution in [2.45, 2.75) is 6.54 Å². The first-order valence-electron chi connectivity index (χ1n) is 6.06. The zero-order chi connectivity index (χ0) is 15.4. The Morgan fingerprint density at radius 3 is 2.67 bits per heavy atom. The van der Waals surface area contributed by atoms with Gasteiger partial charge in [0.05, 0.1) is 9.95 Å². The molecule has 0 aliphatic carbocycles. The van der Waals surface area contributed by atoms with Crippen molar-refractivity contribution in [3.05, 3.63) is 68.7 Å². The van der Waals surface area contributed by atoms with E-state index in [0.29, 0.717) is 12.2 Å². The quantitative estimate of drug-likeness (QED) is 0.670. The van der Waals surface area contributed by atoms with E-state index in [1.807, 2.05) is 6.07 Å². The number of rotatable bonds is 4. The molecule has 0 aliphatic rings. The van der Waals surface area contributed by atoms with Crippen molar-refractivity contribution < 1.29 is 9.72 Å². The number of nitrogens with one attached hydrogen (secondary N) is 1. The van der Waals surface area contributed by atoms with E-state index in [-0.39, 0.29) is 16.3 Å². The van der Waals surface area contributed by atoms with E-state index in [2.05, 4.69) is 5.32 Å². The zero-order valence-electron chi connectivity index (χ0n) is 10.9. The molecule has 21 heavy (non-hydrogen) atoms. The number of benzene rings is 2. The van der Waals surface area contributed by atoms with Gasteiger partial charge in [-0.1, -0.05) is 29.8 Å². The molecule has 0 aromatic heterocycles. The average molecular weight is 306 g/mol. The molecule has 0 spiro atoms. The highest BCUT2D eigenvalue weighted by Gasteiger charge is 2.23. The summed E-state index contributed by atoms with van der Waals surface area (Å²) in [5, 5.41) is 13.6. The predicted molar refractivity (Wildman–Crippen MR) is 80.4 cm³/mol. The molecule has 108 valence electrons. The SMILES string of the molecule is NCc1cccc(NC(=O)c2c(Cl)cccc2[N+](=O)[O-])c1. The minimum atomic E-state index is -0.642. The lowest BCUT2D eigenvalue weighted by atomic mass is 10.1. The van der Waals surface area contributed by atoms with Crippen LogP contribution in [0.15, 0.2) is 42.5 Å². The minimum absolute atomic E-state index is 0.0247. The highest BCUT2D eigenvalue weighted by atomic mass is 35.5. The second-order valence-corrected chi connectivity index (χ2v) is 4.66. The van der Waals surface area contributed by atoms with Gasteiger partial charge >= 0.3 is 0 Å². The normalized spacial score (nSPS) is 10.2. The molecule has 0 fully saturated rings. The molecule has 2 aromatic rings. The van der Waals surface area contributed by atoms with Crippen LogP contribution in [0.25, 0.3) is 0 Å². The summed E-state index contributed by atoms with van der Waals surface area (Å²) in [6, 6.07) is 11.0. The number of carbonyl (C=O) groups excluding carboxylic acids is 1. The molecule has 0 radical (unpaired) electrons. The molecule has 6 nitrogen and oxygen atoms in total. The van der Waals surface area contributed by atoms with E-state index in [9.17, 15) is 14.9 Å². The van der Waals surface area contributed by atoms with Gasteiger partial charge in [-0.05, 0) is 23.8 Å². The summed E-state index contributed by atoms with van der Waals surface area (Å²) in [5.74, 6) is -0.638. The van der Waals surface area contributed by atoms with Gasteiger partial charge in [-0.3, -0.25) is 14.9 Å². The Kier molecular flexibility index (Phi) is 4.52. The number of carbonyl (C=O) groups is 1. The largest absolute Gasteiger partial charge is 0.326 e. The molecule has 2 rings (SSSR count). The summed E-state index contributed by atoms with van der Waals surface area (Å²) in [6.45, 7) is 0.329. The molecule has 1 amide bonds. The van der Waals surface area contributed by atoms with Crippen molar-refractivity contribution in [1.82, 2.24) is 0 Å². The lowest BCUT2D eigenvalue weighted by Crippen LogP contribution is -2.15. The standard InChI is InChI=1S/C14H12ClN3O3/c15-11-5-2-6-12(18(20)21)13(11)14(19)17-10-4-1-3-9(7-10)8-16/h1-7H,8,16H2,(H,17,19). The zero-order valence-corrected chi connectivity index (χ0v) is 11.6. The Morgan fingerprint density at radius 1 is 1.29 bits per heavy atom. The summed E-state index contributed by atoms with van der Waals surface area (Å²) in [6.07, 6.45) is 0. The third-order valence-corrected chi connectivity index (χ3v) is 3.15. The van der Waals surface area contributed by atoms with Crippen molar-refractivity contribution in [3.8, 4) is 0 Å². The van der Waals surface area contributed by atoms with Crippen molar-refractivity contribution in [3.63, 3.8) is 0 Å². The van der Waals surface area contributed by atoms with Gasteiger partial charge in [-0.25, -0.2) is 0 Å². The molecular weight excluding hydrogens is 294 g/mol. The van der Waals surface area contributed by atoms with Crippen molar-refractivity contribution >= 4 is 28.9 Å². The van der Waals surface area contributed by atoms with E-state index in [4.69, 9.17) is 17.3 Å². The van der Waals surface area contributed by atoms with Gasteiger partial charge in [-0.2, -0.15) is 0 Å². The predicted octanol–water partition coefficient (Wildman–Crippen LogP) is 2.96. The number of nitro groups is 1. The van der Waals surface area contributed by atoms with Gasteiger partial charge in [0.1, 0.15) is 5.56 Å². The van der Waals surface area contributed by atoms with Gasteiger partial charge in [0.15, 0.2) is 0 Å². The summed E-state index contributed by atoms with van der Waals surface area (Å²) >= 11 is 5.91. The van der Waals surface area contributed by atoms with Crippen LogP contribution in [0.3, 0.4) is 0 Å². The highest BCUT2D eigenvalue weighted by Crippen LogP contribution is 2.27. The Morgan fingerprint density at radius 2 is 2.00 bits per heavy atom. The fourth-order valence-electron chi connectivity index (χ4n) is 1.86. The van der Waals surface area contributed by atoms with Gasteiger partial charge in [0, 0.05) is 18.3 Å². The third-order valence-electron chi connectivity index (χ3n) is 2.84. The maximum atomic E-state index is 12.2. The molecule has 0 bridgehead atoms. The average Bonchev–Trinajstić information content (AvgIpc) is 2.46. The van der Waals surface area contributed by atoms with Crippen LogP contribution in [-0.2, 0) is 6.54 Å². The van der Waals surface area contributed by atoms with Crippen LogP contribution >= 0.6 is 11.6 Å². The van der Waals surface area contributed by atoms with Crippen LogP contribution in [0, 0.1) is 10.1 Å². The molecule has 2 aromatic carbocycles. The molecule has 0 aliphatic heterocycles. The molecule has 0 unspecified atom stereocenters. The summed E-state index contributed by atoms with van der Waals surface area (Å²) < 4.78 is 0. The maximum absolute atomic E-state index is 12.2. The fourth-order valence-corrected chi connectivity index (χ4v) is 2.11. The summed E-state index contributed by atoms with van der Waals surface area (Å²) in [5.41, 5.74) is 6.36. The van der Waals surface area contributed by atoms with Crippen LogP contribution in [-0.4, -0.2) is 10.8 Å².